The first-order valence-electron chi connectivity index (χ1n) is 7.42. The monoisotopic (exact) mass is 318 g/mol. The number of aromatic hydroxyl groups is 1. The lowest BCUT2D eigenvalue weighted by Crippen LogP contribution is -2.50. The lowest BCUT2D eigenvalue weighted by molar-refractivity contribution is -0.0605. The first-order valence-corrected chi connectivity index (χ1v) is 7.42. The highest BCUT2D eigenvalue weighted by Crippen LogP contribution is 2.31. The van der Waals surface area contributed by atoms with Crippen molar-refractivity contribution < 1.29 is 19.0 Å². The fourth-order valence-corrected chi connectivity index (χ4v) is 3.25. The van der Waals surface area contributed by atoms with E-state index in [4.69, 9.17) is 4.74 Å². The zero-order valence-corrected chi connectivity index (χ0v) is 12.2. The Bertz CT molecular complexity index is 743. The van der Waals surface area contributed by atoms with Gasteiger partial charge in [-0.05, 0) is 18.6 Å². The van der Waals surface area contributed by atoms with Crippen LogP contribution in [0.5, 0.6) is 5.75 Å². The molecule has 7 nitrogen and oxygen atoms in total. The van der Waals surface area contributed by atoms with Crippen LogP contribution in [0.25, 0.3) is 0 Å². The average Bonchev–Trinajstić information content (AvgIpc) is 3.03. The van der Waals surface area contributed by atoms with Gasteiger partial charge in [0, 0.05) is 13.1 Å². The maximum Gasteiger partial charge on any atom is 0.260 e. The van der Waals surface area contributed by atoms with E-state index in [1.54, 1.807) is 10.9 Å². The highest BCUT2D eigenvalue weighted by molar-refractivity contribution is 5.97. The van der Waals surface area contributed by atoms with Crippen molar-refractivity contribution in [1.29, 1.82) is 0 Å². The first-order chi connectivity index (χ1) is 11.1. The SMILES string of the molecule is O=C(c1c(O)cccc1F)N1CC[C@@H]2OCc3cnnn3[C@H]2C1. The summed E-state index contributed by atoms with van der Waals surface area (Å²) in [5.41, 5.74) is 0.566. The van der Waals surface area contributed by atoms with Gasteiger partial charge >= 0.3 is 0 Å². The van der Waals surface area contributed by atoms with Crippen molar-refractivity contribution in [2.75, 3.05) is 13.1 Å². The molecule has 1 N–H and O–H groups in total. The average molecular weight is 318 g/mol. The van der Waals surface area contributed by atoms with E-state index in [-0.39, 0.29) is 23.5 Å². The molecule has 2 aromatic rings. The van der Waals surface area contributed by atoms with Gasteiger partial charge in [-0.15, -0.1) is 5.10 Å². The lowest BCUT2D eigenvalue weighted by atomic mass is 9.99. The first kappa shape index (κ1) is 14.1. The molecule has 120 valence electrons. The van der Waals surface area contributed by atoms with E-state index >= 15 is 0 Å². The highest BCUT2D eigenvalue weighted by atomic mass is 19.1. The number of ether oxygens (including phenoxy) is 1. The number of fused-ring (bicyclic) bond motifs is 3. The molecule has 4 rings (SSSR count). The topological polar surface area (TPSA) is 80.5 Å². The van der Waals surface area contributed by atoms with Crippen molar-refractivity contribution in [2.24, 2.45) is 0 Å². The third kappa shape index (κ3) is 2.26. The van der Waals surface area contributed by atoms with E-state index in [0.717, 1.165) is 5.69 Å². The van der Waals surface area contributed by atoms with Gasteiger partial charge < -0.3 is 14.7 Å². The van der Waals surface area contributed by atoms with E-state index in [0.29, 0.717) is 26.1 Å². The Morgan fingerprint density at radius 1 is 1.43 bits per heavy atom. The number of hydrogen-bond donors (Lipinski definition) is 1. The van der Waals surface area contributed by atoms with Crippen molar-refractivity contribution in [3.63, 3.8) is 0 Å². The number of nitrogens with zero attached hydrogens (tertiary/aromatic N) is 4. The van der Waals surface area contributed by atoms with Gasteiger partial charge in [0.2, 0.25) is 0 Å². The number of benzene rings is 1. The number of phenolic OH excluding ortho intramolecular Hbond substituents is 1. The predicted molar refractivity (Wildman–Crippen MR) is 76.2 cm³/mol. The molecule has 0 saturated carbocycles. The molecule has 0 radical (unpaired) electrons. The summed E-state index contributed by atoms with van der Waals surface area (Å²) in [4.78, 5) is 14.1. The molecule has 1 aromatic heterocycles. The van der Waals surface area contributed by atoms with Gasteiger partial charge in [-0.2, -0.15) is 0 Å². The van der Waals surface area contributed by atoms with Gasteiger partial charge in [0.1, 0.15) is 17.1 Å². The molecule has 2 atom stereocenters. The number of phenols is 1. The number of halogens is 1. The minimum absolute atomic E-state index is 0.0394. The molecule has 8 heteroatoms. The summed E-state index contributed by atoms with van der Waals surface area (Å²) in [7, 11) is 0. The molecule has 0 aliphatic carbocycles. The molecular weight excluding hydrogens is 303 g/mol. The smallest absolute Gasteiger partial charge is 0.260 e. The molecule has 1 fully saturated rings. The fraction of sp³-hybridized carbons (Fsp3) is 0.400. The summed E-state index contributed by atoms with van der Waals surface area (Å²) < 4.78 is 21.5. The number of carbonyl (C=O) groups excluding carboxylic acids is 1. The molecule has 2 aliphatic heterocycles. The number of rotatable bonds is 1. The van der Waals surface area contributed by atoms with Crippen molar-refractivity contribution in [3.05, 3.63) is 41.5 Å². The minimum Gasteiger partial charge on any atom is -0.507 e. The van der Waals surface area contributed by atoms with Crippen LogP contribution in [-0.2, 0) is 11.3 Å². The normalized spacial score (nSPS) is 23.3. The molecule has 3 heterocycles. The van der Waals surface area contributed by atoms with Gasteiger partial charge in [0.25, 0.3) is 5.91 Å². The molecule has 0 unspecified atom stereocenters. The summed E-state index contributed by atoms with van der Waals surface area (Å²) in [5, 5.41) is 17.8. The summed E-state index contributed by atoms with van der Waals surface area (Å²) in [6, 6.07) is 3.69. The van der Waals surface area contributed by atoms with E-state index in [2.05, 4.69) is 10.3 Å². The van der Waals surface area contributed by atoms with Gasteiger partial charge in [0.05, 0.1) is 30.6 Å². The summed E-state index contributed by atoms with van der Waals surface area (Å²) in [6.07, 6.45) is 2.23. The van der Waals surface area contributed by atoms with Gasteiger partial charge in [0.15, 0.2) is 0 Å². The molecular formula is C15H15FN4O3. The number of carbonyl (C=O) groups is 1. The van der Waals surface area contributed by atoms with Crippen LogP contribution in [0.1, 0.15) is 28.5 Å². The second-order valence-corrected chi connectivity index (χ2v) is 5.76. The van der Waals surface area contributed by atoms with Crippen LogP contribution in [0.15, 0.2) is 24.4 Å². The zero-order valence-electron chi connectivity index (χ0n) is 12.2. The molecule has 23 heavy (non-hydrogen) atoms. The highest BCUT2D eigenvalue weighted by Gasteiger charge is 2.38. The third-order valence-corrected chi connectivity index (χ3v) is 4.42. The molecule has 1 amide bonds. The standard InChI is InChI=1S/C15H15FN4O3/c16-10-2-1-3-12(21)14(10)15(22)19-5-4-13-11(7-19)20-9(8-23-13)6-17-18-20/h1-3,6,11,13,21H,4-5,7-8H2/t11-,13-/m0/s1. The van der Waals surface area contributed by atoms with E-state index in [1.807, 2.05) is 0 Å². The maximum atomic E-state index is 13.9. The molecule has 2 aliphatic rings. The van der Waals surface area contributed by atoms with Crippen LogP contribution in [0.4, 0.5) is 4.39 Å². The Kier molecular flexibility index (Phi) is 3.26. The molecule has 1 aromatic carbocycles. The second kappa shape index (κ2) is 5.31. The third-order valence-electron chi connectivity index (χ3n) is 4.42. The number of hydrogen-bond acceptors (Lipinski definition) is 5. The van der Waals surface area contributed by atoms with Crippen molar-refractivity contribution >= 4 is 5.91 Å². The quantitative estimate of drug-likeness (QED) is 0.852. The van der Waals surface area contributed by atoms with E-state index < -0.39 is 11.7 Å². The van der Waals surface area contributed by atoms with Crippen molar-refractivity contribution in [3.8, 4) is 5.75 Å². The predicted octanol–water partition coefficient (Wildman–Crippen LogP) is 1.11. The number of amides is 1. The van der Waals surface area contributed by atoms with Crippen LogP contribution in [0, 0.1) is 5.82 Å². The van der Waals surface area contributed by atoms with Crippen molar-refractivity contribution in [1.82, 2.24) is 19.9 Å². The summed E-state index contributed by atoms with van der Waals surface area (Å²) in [5.74, 6) is -1.59. The molecule has 0 spiro atoms. The number of likely N-dealkylation sites (tertiary alicyclic amines) is 1. The Balaban J connectivity index is 1.62. The minimum atomic E-state index is -0.724. The van der Waals surface area contributed by atoms with Gasteiger partial charge in [-0.1, -0.05) is 11.3 Å². The van der Waals surface area contributed by atoms with Crippen LogP contribution in [0.2, 0.25) is 0 Å². The Labute approximate surface area is 131 Å². The van der Waals surface area contributed by atoms with E-state index in [9.17, 15) is 14.3 Å². The van der Waals surface area contributed by atoms with Crippen LogP contribution >= 0.6 is 0 Å². The zero-order chi connectivity index (χ0) is 16.0. The van der Waals surface area contributed by atoms with Crippen LogP contribution in [0.3, 0.4) is 0 Å². The number of piperidine rings is 1. The van der Waals surface area contributed by atoms with Gasteiger partial charge in [-0.25, -0.2) is 9.07 Å². The molecule has 0 bridgehead atoms. The van der Waals surface area contributed by atoms with Crippen LogP contribution in [-0.4, -0.2) is 50.1 Å². The summed E-state index contributed by atoms with van der Waals surface area (Å²) >= 11 is 0. The Morgan fingerprint density at radius 2 is 2.30 bits per heavy atom. The fourth-order valence-electron chi connectivity index (χ4n) is 3.25. The van der Waals surface area contributed by atoms with Crippen molar-refractivity contribution in [2.45, 2.75) is 25.2 Å². The van der Waals surface area contributed by atoms with Gasteiger partial charge in [-0.3, -0.25) is 4.79 Å². The Hall–Kier alpha value is -2.48. The van der Waals surface area contributed by atoms with E-state index in [1.165, 1.54) is 23.1 Å². The largest absolute Gasteiger partial charge is 0.507 e. The summed E-state index contributed by atoms with van der Waals surface area (Å²) in [6.45, 7) is 1.24. The number of aromatic nitrogens is 3. The van der Waals surface area contributed by atoms with Crippen LogP contribution < -0.4 is 0 Å². The lowest BCUT2D eigenvalue weighted by Gasteiger charge is -2.41. The Morgan fingerprint density at radius 3 is 3.13 bits per heavy atom. The maximum absolute atomic E-state index is 13.9. The molecule has 1 saturated heterocycles. The second-order valence-electron chi connectivity index (χ2n) is 5.76.